The van der Waals surface area contributed by atoms with Gasteiger partial charge in [-0.25, -0.2) is 14.4 Å². The Balaban J connectivity index is 1.57. The summed E-state index contributed by atoms with van der Waals surface area (Å²) in [5.74, 6) is 0.0706. The Hall–Kier alpha value is -3.54. The van der Waals surface area contributed by atoms with Crippen LogP contribution in [0.25, 0.3) is 22.4 Å². The monoisotopic (exact) mass is 360 g/mol. The van der Waals surface area contributed by atoms with Crippen molar-refractivity contribution in [2.75, 3.05) is 5.32 Å². The van der Waals surface area contributed by atoms with Crippen LogP contribution in [0.2, 0.25) is 0 Å². The highest BCUT2D eigenvalue weighted by Crippen LogP contribution is 2.20. The third-order valence-corrected chi connectivity index (χ3v) is 4.32. The lowest BCUT2D eigenvalue weighted by molar-refractivity contribution is -0.116. The fourth-order valence-corrected chi connectivity index (χ4v) is 2.97. The second-order valence-electron chi connectivity index (χ2n) is 6.28. The molecule has 2 heterocycles. The predicted octanol–water partition coefficient (Wildman–Crippen LogP) is 4.18. The largest absolute Gasteiger partial charge is 0.324 e. The van der Waals surface area contributed by atoms with Crippen LogP contribution in [0.4, 0.5) is 10.1 Å². The van der Waals surface area contributed by atoms with E-state index < -0.39 is 0 Å². The molecule has 0 aliphatic rings. The molecule has 0 aliphatic carbocycles. The van der Waals surface area contributed by atoms with E-state index in [0.717, 1.165) is 10.9 Å². The van der Waals surface area contributed by atoms with Crippen LogP contribution in [0.1, 0.15) is 5.56 Å². The number of amides is 1. The number of carbonyl (C=O) groups is 1. The van der Waals surface area contributed by atoms with Gasteiger partial charge in [-0.05, 0) is 42.8 Å². The molecular weight excluding hydrogens is 343 g/mol. The third kappa shape index (κ3) is 3.55. The van der Waals surface area contributed by atoms with E-state index in [4.69, 9.17) is 0 Å². The molecule has 2 aromatic carbocycles. The Labute approximate surface area is 155 Å². The molecule has 134 valence electrons. The summed E-state index contributed by atoms with van der Waals surface area (Å²) in [7, 11) is 0. The normalized spacial score (nSPS) is 10.9. The number of hydrogen-bond donors (Lipinski definition) is 1. The molecule has 0 spiro atoms. The molecule has 4 rings (SSSR count). The van der Waals surface area contributed by atoms with Crippen molar-refractivity contribution in [3.63, 3.8) is 0 Å². The van der Waals surface area contributed by atoms with Crippen LogP contribution in [0, 0.1) is 12.7 Å². The number of imidazole rings is 1. The van der Waals surface area contributed by atoms with E-state index in [0.29, 0.717) is 22.8 Å². The second-order valence-corrected chi connectivity index (χ2v) is 6.28. The number of benzene rings is 2. The minimum absolute atomic E-state index is 0.0840. The molecule has 2 aromatic heterocycles. The van der Waals surface area contributed by atoms with Gasteiger partial charge in [-0.1, -0.05) is 24.3 Å². The van der Waals surface area contributed by atoms with Crippen LogP contribution in [-0.2, 0) is 11.3 Å². The first-order chi connectivity index (χ1) is 13.1. The minimum Gasteiger partial charge on any atom is -0.324 e. The van der Waals surface area contributed by atoms with Gasteiger partial charge in [0.2, 0.25) is 5.91 Å². The number of halogens is 1. The zero-order valence-electron chi connectivity index (χ0n) is 14.7. The molecule has 0 saturated carbocycles. The SMILES string of the molecule is Cc1cc(F)ccc1NC(=O)Cn1ccnc1-c1ccc2ccccc2n1. The number of hydrogen-bond acceptors (Lipinski definition) is 3. The fourth-order valence-electron chi connectivity index (χ4n) is 2.97. The molecule has 0 atom stereocenters. The van der Waals surface area contributed by atoms with Gasteiger partial charge in [0.25, 0.3) is 0 Å². The Kier molecular flexibility index (Phi) is 4.38. The van der Waals surface area contributed by atoms with Gasteiger partial charge in [0, 0.05) is 23.5 Å². The van der Waals surface area contributed by atoms with Gasteiger partial charge in [-0.2, -0.15) is 0 Å². The number of anilines is 1. The minimum atomic E-state index is -0.329. The molecule has 0 unspecified atom stereocenters. The molecule has 27 heavy (non-hydrogen) atoms. The quantitative estimate of drug-likeness (QED) is 0.594. The van der Waals surface area contributed by atoms with Gasteiger partial charge in [-0.15, -0.1) is 0 Å². The van der Waals surface area contributed by atoms with E-state index in [-0.39, 0.29) is 18.3 Å². The van der Waals surface area contributed by atoms with Crippen molar-refractivity contribution in [1.82, 2.24) is 14.5 Å². The summed E-state index contributed by atoms with van der Waals surface area (Å²) in [6.07, 6.45) is 3.38. The van der Waals surface area contributed by atoms with Gasteiger partial charge in [0.05, 0.1) is 5.52 Å². The maximum Gasteiger partial charge on any atom is 0.244 e. The lowest BCUT2D eigenvalue weighted by atomic mass is 10.2. The maximum absolute atomic E-state index is 13.2. The second kappa shape index (κ2) is 6.99. The van der Waals surface area contributed by atoms with Gasteiger partial charge in [0.15, 0.2) is 5.82 Å². The maximum atomic E-state index is 13.2. The summed E-state index contributed by atoms with van der Waals surface area (Å²) in [6.45, 7) is 1.83. The van der Waals surface area contributed by atoms with Crippen LogP contribution < -0.4 is 5.32 Å². The Morgan fingerprint density at radius 1 is 1.15 bits per heavy atom. The molecule has 0 saturated heterocycles. The van der Waals surface area contributed by atoms with Crippen molar-refractivity contribution in [2.45, 2.75) is 13.5 Å². The van der Waals surface area contributed by atoms with Crippen LogP contribution in [0.15, 0.2) is 67.0 Å². The molecule has 0 aliphatic heterocycles. The van der Waals surface area contributed by atoms with Crippen molar-refractivity contribution in [3.8, 4) is 11.5 Å². The number of nitrogens with zero attached hydrogens (tertiary/aromatic N) is 3. The fraction of sp³-hybridized carbons (Fsp3) is 0.0952. The first-order valence-corrected chi connectivity index (χ1v) is 8.53. The summed E-state index contributed by atoms with van der Waals surface area (Å²) in [5.41, 5.74) is 2.83. The number of nitrogens with one attached hydrogen (secondary N) is 1. The summed E-state index contributed by atoms with van der Waals surface area (Å²) in [5, 5.41) is 3.85. The van der Waals surface area contributed by atoms with E-state index in [9.17, 15) is 9.18 Å². The van der Waals surface area contributed by atoms with Crippen LogP contribution >= 0.6 is 0 Å². The van der Waals surface area contributed by atoms with E-state index in [2.05, 4.69) is 15.3 Å². The summed E-state index contributed by atoms with van der Waals surface area (Å²) in [6, 6.07) is 16.0. The van der Waals surface area contributed by atoms with E-state index >= 15 is 0 Å². The molecule has 4 aromatic rings. The molecule has 0 radical (unpaired) electrons. The standard InChI is InChI=1S/C21H17FN4O/c1-14-12-16(22)7-9-17(14)25-20(27)13-26-11-10-23-21(26)19-8-6-15-4-2-3-5-18(15)24-19/h2-12H,13H2,1H3,(H,25,27). The van der Waals surface area contributed by atoms with Crippen LogP contribution in [0.3, 0.4) is 0 Å². The molecule has 1 N–H and O–H groups in total. The van der Waals surface area contributed by atoms with Gasteiger partial charge in [-0.3, -0.25) is 4.79 Å². The van der Waals surface area contributed by atoms with Crippen molar-refractivity contribution in [1.29, 1.82) is 0 Å². The molecular formula is C21H17FN4O. The zero-order chi connectivity index (χ0) is 18.8. The smallest absolute Gasteiger partial charge is 0.244 e. The van der Waals surface area contributed by atoms with Crippen molar-refractivity contribution in [2.24, 2.45) is 0 Å². The Bertz CT molecular complexity index is 1140. The van der Waals surface area contributed by atoms with E-state index in [1.54, 1.807) is 30.0 Å². The highest BCUT2D eigenvalue weighted by atomic mass is 19.1. The Morgan fingerprint density at radius 2 is 2.00 bits per heavy atom. The lowest BCUT2D eigenvalue weighted by Crippen LogP contribution is -2.19. The summed E-state index contributed by atoms with van der Waals surface area (Å²) in [4.78, 5) is 21.4. The highest BCUT2D eigenvalue weighted by molar-refractivity contribution is 5.91. The third-order valence-electron chi connectivity index (χ3n) is 4.32. The highest BCUT2D eigenvalue weighted by Gasteiger charge is 2.12. The van der Waals surface area contributed by atoms with E-state index in [1.807, 2.05) is 36.4 Å². The molecule has 0 fully saturated rings. The Morgan fingerprint density at radius 3 is 2.85 bits per heavy atom. The number of rotatable bonds is 4. The number of carbonyl (C=O) groups excluding carboxylic acids is 1. The average molecular weight is 360 g/mol. The van der Waals surface area contributed by atoms with E-state index in [1.165, 1.54) is 12.1 Å². The molecule has 1 amide bonds. The average Bonchev–Trinajstić information content (AvgIpc) is 3.11. The first kappa shape index (κ1) is 16.9. The van der Waals surface area contributed by atoms with Crippen LogP contribution in [0.5, 0.6) is 0 Å². The van der Waals surface area contributed by atoms with Crippen LogP contribution in [-0.4, -0.2) is 20.4 Å². The lowest BCUT2D eigenvalue weighted by Gasteiger charge is -2.11. The molecule has 5 nitrogen and oxygen atoms in total. The summed E-state index contributed by atoms with van der Waals surface area (Å²) < 4.78 is 15.0. The molecule has 0 bridgehead atoms. The number of aryl methyl sites for hydroxylation is 1. The predicted molar refractivity (Wildman–Crippen MR) is 103 cm³/mol. The van der Waals surface area contributed by atoms with Gasteiger partial charge in [0.1, 0.15) is 18.1 Å². The number of para-hydroxylation sites is 1. The van der Waals surface area contributed by atoms with Crippen molar-refractivity contribution < 1.29 is 9.18 Å². The first-order valence-electron chi connectivity index (χ1n) is 8.53. The number of pyridine rings is 1. The van der Waals surface area contributed by atoms with Gasteiger partial charge >= 0.3 is 0 Å². The zero-order valence-corrected chi connectivity index (χ0v) is 14.7. The van der Waals surface area contributed by atoms with Gasteiger partial charge < -0.3 is 9.88 Å². The topological polar surface area (TPSA) is 59.8 Å². The number of aromatic nitrogens is 3. The number of fused-ring (bicyclic) bond motifs is 1. The molecule has 6 heteroatoms. The van der Waals surface area contributed by atoms with Crippen molar-refractivity contribution in [3.05, 3.63) is 78.4 Å². The summed E-state index contributed by atoms with van der Waals surface area (Å²) >= 11 is 0. The van der Waals surface area contributed by atoms with Crippen molar-refractivity contribution >= 4 is 22.5 Å².